The molecule has 1 saturated heterocycles. The standard InChI is InChI=1S/C23H24FN7O2/c1-30-8-7-21(29-30)28-23-19-12-17(2-4-20(19)26-15-27-23)33-22-5-3-18(13-25-22)32-11-10-31-9-6-16(24)14-31/h2-5,7-8,12-13,15-16H,6,9-11,14H2,1H3,(H,26,27,28,29). The Balaban J connectivity index is 1.23. The van der Waals surface area contributed by atoms with E-state index in [1.165, 1.54) is 6.33 Å². The predicted molar refractivity (Wildman–Crippen MR) is 122 cm³/mol. The number of anilines is 2. The SMILES string of the molecule is Cn1ccc(Nc2ncnc3ccc(Oc4ccc(OCCN5CCC(F)C5)cn4)cc23)n1. The Bertz CT molecular complexity index is 1230. The number of alkyl halides is 1. The highest BCUT2D eigenvalue weighted by molar-refractivity contribution is 5.91. The number of likely N-dealkylation sites (tertiary alicyclic amines) is 1. The Hall–Kier alpha value is -3.79. The number of ether oxygens (including phenoxy) is 2. The van der Waals surface area contributed by atoms with E-state index in [2.05, 4.69) is 30.3 Å². The molecule has 5 rings (SSSR count). The molecule has 1 aromatic carbocycles. The normalized spacial score (nSPS) is 16.2. The maximum atomic E-state index is 13.2. The molecule has 4 aromatic rings. The fourth-order valence-electron chi connectivity index (χ4n) is 3.72. The number of nitrogens with zero attached hydrogens (tertiary/aromatic N) is 6. The van der Waals surface area contributed by atoms with E-state index in [9.17, 15) is 4.39 Å². The van der Waals surface area contributed by atoms with Crippen molar-refractivity contribution in [3.05, 3.63) is 55.1 Å². The van der Waals surface area contributed by atoms with Crippen molar-refractivity contribution in [1.29, 1.82) is 0 Å². The molecule has 3 aromatic heterocycles. The van der Waals surface area contributed by atoms with Crippen LogP contribution < -0.4 is 14.8 Å². The van der Waals surface area contributed by atoms with Gasteiger partial charge in [-0.05, 0) is 30.7 Å². The molecule has 1 unspecified atom stereocenters. The van der Waals surface area contributed by atoms with E-state index in [1.54, 1.807) is 16.9 Å². The summed E-state index contributed by atoms with van der Waals surface area (Å²) in [6, 6.07) is 11.0. The van der Waals surface area contributed by atoms with Gasteiger partial charge < -0.3 is 14.8 Å². The maximum Gasteiger partial charge on any atom is 0.219 e. The van der Waals surface area contributed by atoms with E-state index >= 15 is 0 Å². The van der Waals surface area contributed by atoms with Crippen molar-refractivity contribution < 1.29 is 13.9 Å². The zero-order chi connectivity index (χ0) is 22.6. The second kappa shape index (κ2) is 9.37. The summed E-state index contributed by atoms with van der Waals surface area (Å²) in [4.78, 5) is 15.1. The summed E-state index contributed by atoms with van der Waals surface area (Å²) in [5.74, 6) is 3.02. The molecule has 4 heterocycles. The van der Waals surface area contributed by atoms with E-state index in [1.807, 2.05) is 43.6 Å². The lowest BCUT2D eigenvalue weighted by molar-refractivity contribution is 0.224. The van der Waals surface area contributed by atoms with Gasteiger partial charge in [0, 0.05) is 50.4 Å². The minimum Gasteiger partial charge on any atom is -0.491 e. The van der Waals surface area contributed by atoms with Gasteiger partial charge in [0.2, 0.25) is 5.88 Å². The van der Waals surface area contributed by atoms with Crippen molar-refractivity contribution in [3.63, 3.8) is 0 Å². The molecule has 10 heteroatoms. The van der Waals surface area contributed by atoms with Crippen LogP contribution in [-0.2, 0) is 7.05 Å². The number of hydrogen-bond acceptors (Lipinski definition) is 8. The van der Waals surface area contributed by atoms with Crippen molar-refractivity contribution in [1.82, 2.24) is 29.6 Å². The van der Waals surface area contributed by atoms with Gasteiger partial charge in [0.05, 0.1) is 11.7 Å². The number of benzene rings is 1. The van der Waals surface area contributed by atoms with Crippen LogP contribution in [0.4, 0.5) is 16.0 Å². The summed E-state index contributed by atoms with van der Waals surface area (Å²) in [7, 11) is 1.85. The number of rotatable bonds is 8. The second-order valence-electron chi connectivity index (χ2n) is 7.87. The van der Waals surface area contributed by atoms with Gasteiger partial charge in [-0.2, -0.15) is 5.10 Å². The Labute approximate surface area is 190 Å². The largest absolute Gasteiger partial charge is 0.491 e. The molecule has 0 bridgehead atoms. The first-order chi connectivity index (χ1) is 16.1. The molecule has 0 aliphatic carbocycles. The zero-order valence-corrected chi connectivity index (χ0v) is 18.2. The van der Waals surface area contributed by atoms with Gasteiger partial charge in [-0.1, -0.05) is 0 Å². The highest BCUT2D eigenvalue weighted by Crippen LogP contribution is 2.29. The molecule has 170 valence electrons. The van der Waals surface area contributed by atoms with Crippen LogP contribution in [0, 0.1) is 0 Å². The number of nitrogens with one attached hydrogen (secondary N) is 1. The summed E-state index contributed by atoms with van der Waals surface area (Å²) < 4.78 is 26.6. The van der Waals surface area contributed by atoms with Crippen LogP contribution in [0.5, 0.6) is 17.4 Å². The average molecular weight is 449 g/mol. The summed E-state index contributed by atoms with van der Waals surface area (Å²) in [6.07, 6.45) is 4.87. The molecule has 0 spiro atoms. The number of aromatic nitrogens is 5. The minimum atomic E-state index is -0.716. The molecule has 0 amide bonds. The van der Waals surface area contributed by atoms with Crippen LogP contribution in [0.25, 0.3) is 10.9 Å². The first-order valence-electron chi connectivity index (χ1n) is 10.8. The number of fused-ring (bicyclic) bond motifs is 1. The summed E-state index contributed by atoms with van der Waals surface area (Å²) in [5.41, 5.74) is 0.782. The van der Waals surface area contributed by atoms with Gasteiger partial charge in [0.1, 0.15) is 36.4 Å². The Morgan fingerprint density at radius 1 is 1.12 bits per heavy atom. The van der Waals surface area contributed by atoms with Gasteiger partial charge in [0.25, 0.3) is 0 Å². The van der Waals surface area contributed by atoms with Crippen LogP contribution in [-0.4, -0.2) is 62.0 Å². The minimum absolute atomic E-state index is 0.442. The molecule has 1 N–H and O–H groups in total. The monoisotopic (exact) mass is 449 g/mol. The third-order valence-corrected chi connectivity index (χ3v) is 5.39. The molecule has 0 radical (unpaired) electrons. The van der Waals surface area contributed by atoms with Crippen molar-refractivity contribution >= 4 is 22.5 Å². The number of hydrogen-bond donors (Lipinski definition) is 1. The molecule has 1 atom stereocenters. The highest BCUT2D eigenvalue weighted by Gasteiger charge is 2.21. The molecule has 1 fully saturated rings. The van der Waals surface area contributed by atoms with Crippen LogP contribution in [0.1, 0.15) is 6.42 Å². The fraction of sp³-hybridized carbons (Fsp3) is 0.304. The Kier molecular flexibility index (Phi) is 5.99. The number of aryl methyl sites for hydroxylation is 1. The van der Waals surface area contributed by atoms with Crippen LogP contribution in [0.15, 0.2) is 55.1 Å². The van der Waals surface area contributed by atoms with Crippen molar-refractivity contribution in [2.24, 2.45) is 7.05 Å². The Morgan fingerprint density at radius 2 is 2.03 bits per heavy atom. The van der Waals surface area contributed by atoms with Crippen LogP contribution in [0.3, 0.4) is 0 Å². The van der Waals surface area contributed by atoms with E-state index < -0.39 is 6.17 Å². The lowest BCUT2D eigenvalue weighted by atomic mass is 10.2. The van der Waals surface area contributed by atoms with Gasteiger partial charge in [-0.3, -0.25) is 9.58 Å². The van der Waals surface area contributed by atoms with Crippen LogP contribution in [0.2, 0.25) is 0 Å². The first-order valence-corrected chi connectivity index (χ1v) is 10.8. The fourth-order valence-corrected chi connectivity index (χ4v) is 3.72. The lowest BCUT2D eigenvalue weighted by Gasteiger charge is -2.15. The smallest absolute Gasteiger partial charge is 0.219 e. The van der Waals surface area contributed by atoms with E-state index in [0.717, 1.165) is 17.4 Å². The molecule has 0 saturated carbocycles. The summed E-state index contributed by atoms with van der Waals surface area (Å²) in [5, 5.41) is 8.35. The molecule has 1 aliphatic rings. The predicted octanol–water partition coefficient (Wildman–Crippen LogP) is 3.72. The topological polar surface area (TPSA) is 90.2 Å². The zero-order valence-electron chi connectivity index (χ0n) is 18.2. The third kappa shape index (κ3) is 5.17. The molecule has 9 nitrogen and oxygen atoms in total. The molecular formula is C23H24FN7O2. The quantitative estimate of drug-likeness (QED) is 0.435. The summed E-state index contributed by atoms with van der Waals surface area (Å²) in [6.45, 7) is 2.47. The van der Waals surface area contributed by atoms with E-state index in [4.69, 9.17) is 9.47 Å². The van der Waals surface area contributed by atoms with Gasteiger partial charge in [0.15, 0.2) is 5.82 Å². The molecule has 33 heavy (non-hydrogen) atoms. The molecule has 1 aliphatic heterocycles. The number of pyridine rings is 1. The van der Waals surface area contributed by atoms with Crippen molar-refractivity contribution in [2.75, 3.05) is 31.6 Å². The molecular weight excluding hydrogens is 425 g/mol. The second-order valence-corrected chi connectivity index (χ2v) is 7.87. The van der Waals surface area contributed by atoms with Gasteiger partial charge >= 0.3 is 0 Å². The van der Waals surface area contributed by atoms with E-state index in [-0.39, 0.29) is 0 Å². The Morgan fingerprint density at radius 3 is 2.79 bits per heavy atom. The first kappa shape index (κ1) is 21.1. The maximum absolute atomic E-state index is 13.2. The van der Waals surface area contributed by atoms with Gasteiger partial charge in [-0.25, -0.2) is 19.3 Å². The number of halogens is 1. The van der Waals surface area contributed by atoms with Crippen molar-refractivity contribution in [2.45, 2.75) is 12.6 Å². The van der Waals surface area contributed by atoms with E-state index in [0.29, 0.717) is 55.1 Å². The third-order valence-electron chi connectivity index (χ3n) is 5.39. The summed E-state index contributed by atoms with van der Waals surface area (Å²) >= 11 is 0. The lowest BCUT2D eigenvalue weighted by Crippen LogP contribution is -2.26. The average Bonchev–Trinajstić information content (AvgIpc) is 3.43. The highest BCUT2D eigenvalue weighted by atomic mass is 19.1. The van der Waals surface area contributed by atoms with Crippen LogP contribution >= 0.6 is 0 Å². The van der Waals surface area contributed by atoms with Gasteiger partial charge in [-0.15, -0.1) is 0 Å². The van der Waals surface area contributed by atoms with Crippen molar-refractivity contribution in [3.8, 4) is 17.4 Å².